The van der Waals surface area contributed by atoms with Crippen LogP contribution < -0.4 is 4.74 Å². The Balaban J connectivity index is 1.52. The fourth-order valence-corrected chi connectivity index (χ4v) is 3.88. The molecule has 0 unspecified atom stereocenters. The molecule has 1 amide bonds. The number of benzene rings is 1. The summed E-state index contributed by atoms with van der Waals surface area (Å²) < 4.78 is 7.76. The molecule has 0 aliphatic carbocycles. The van der Waals surface area contributed by atoms with E-state index < -0.39 is 0 Å². The second-order valence-electron chi connectivity index (χ2n) is 7.34. The molecule has 1 aliphatic rings. The lowest BCUT2D eigenvalue weighted by Crippen LogP contribution is -2.37. The number of fused-ring (bicyclic) bond motifs is 1. The van der Waals surface area contributed by atoms with Gasteiger partial charge in [-0.2, -0.15) is 0 Å². The molecule has 6 nitrogen and oxygen atoms in total. The van der Waals surface area contributed by atoms with Crippen LogP contribution in [0.15, 0.2) is 42.7 Å². The largest absolute Gasteiger partial charge is 0.494 e. The van der Waals surface area contributed by atoms with Crippen molar-refractivity contribution in [2.75, 3.05) is 19.7 Å². The van der Waals surface area contributed by atoms with Crippen molar-refractivity contribution >= 4 is 16.8 Å². The monoisotopic (exact) mass is 378 g/mol. The quantitative estimate of drug-likeness (QED) is 0.678. The standard InChI is InChI=1S/C22H26N4O2/c1-3-28-19-5-7-20-18(14-19)4-6-21(24-20)22-23-10-13-26(22)15-17-8-11-25(12-9-17)16(2)27/h4-7,10,13-14,17H,3,8-9,11-12,15H2,1-2H3. The van der Waals surface area contributed by atoms with Crippen LogP contribution in [0, 0.1) is 5.92 Å². The van der Waals surface area contributed by atoms with E-state index in [2.05, 4.69) is 15.6 Å². The van der Waals surface area contributed by atoms with Crippen LogP contribution in [0.5, 0.6) is 5.75 Å². The number of nitrogens with zero attached hydrogens (tertiary/aromatic N) is 4. The van der Waals surface area contributed by atoms with Gasteiger partial charge in [-0.1, -0.05) is 6.07 Å². The molecule has 1 saturated heterocycles. The first-order valence-electron chi connectivity index (χ1n) is 9.94. The van der Waals surface area contributed by atoms with Gasteiger partial charge in [-0.15, -0.1) is 0 Å². The van der Waals surface area contributed by atoms with Gasteiger partial charge in [-0.05, 0) is 49.9 Å². The molecule has 1 fully saturated rings. The first-order valence-corrected chi connectivity index (χ1v) is 9.94. The molecular weight excluding hydrogens is 352 g/mol. The number of aromatic nitrogens is 3. The van der Waals surface area contributed by atoms with E-state index in [-0.39, 0.29) is 5.91 Å². The number of ether oxygens (including phenoxy) is 1. The third-order valence-corrected chi connectivity index (χ3v) is 5.43. The summed E-state index contributed by atoms with van der Waals surface area (Å²) in [4.78, 5) is 22.8. The number of amides is 1. The van der Waals surface area contributed by atoms with E-state index in [0.29, 0.717) is 12.5 Å². The van der Waals surface area contributed by atoms with Crippen molar-refractivity contribution in [3.63, 3.8) is 0 Å². The van der Waals surface area contributed by atoms with Crippen LogP contribution in [0.4, 0.5) is 0 Å². The van der Waals surface area contributed by atoms with Crippen molar-refractivity contribution in [1.29, 1.82) is 0 Å². The summed E-state index contributed by atoms with van der Waals surface area (Å²) in [5.74, 6) is 2.49. The summed E-state index contributed by atoms with van der Waals surface area (Å²) >= 11 is 0. The highest BCUT2D eigenvalue weighted by molar-refractivity contribution is 5.82. The van der Waals surface area contributed by atoms with E-state index in [9.17, 15) is 4.79 Å². The Kier molecular flexibility index (Phi) is 5.28. The van der Waals surface area contributed by atoms with Crippen LogP contribution in [0.3, 0.4) is 0 Å². The number of imidazole rings is 1. The van der Waals surface area contributed by atoms with E-state index in [0.717, 1.165) is 60.6 Å². The van der Waals surface area contributed by atoms with Gasteiger partial charge in [0.1, 0.15) is 11.4 Å². The zero-order chi connectivity index (χ0) is 19.5. The van der Waals surface area contributed by atoms with Gasteiger partial charge in [0.25, 0.3) is 0 Å². The second-order valence-corrected chi connectivity index (χ2v) is 7.34. The van der Waals surface area contributed by atoms with Crippen LogP contribution in [-0.4, -0.2) is 45.0 Å². The van der Waals surface area contributed by atoms with Crippen LogP contribution in [0.1, 0.15) is 26.7 Å². The zero-order valence-electron chi connectivity index (χ0n) is 16.5. The highest BCUT2D eigenvalue weighted by Gasteiger charge is 2.22. The average Bonchev–Trinajstić information content (AvgIpc) is 3.16. The minimum atomic E-state index is 0.176. The Labute approximate surface area is 165 Å². The fourth-order valence-electron chi connectivity index (χ4n) is 3.88. The lowest BCUT2D eigenvalue weighted by atomic mass is 9.96. The van der Waals surface area contributed by atoms with Crippen molar-refractivity contribution < 1.29 is 9.53 Å². The van der Waals surface area contributed by atoms with Crippen LogP contribution >= 0.6 is 0 Å². The third kappa shape index (κ3) is 3.86. The maximum Gasteiger partial charge on any atom is 0.219 e. The summed E-state index contributed by atoms with van der Waals surface area (Å²) in [5, 5.41) is 1.06. The number of hydrogen-bond donors (Lipinski definition) is 0. The Morgan fingerprint density at radius 3 is 2.79 bits per heavy atom. The highest BCUT2D eigenvalue weighted by Crippen LogP contribution is 2.25. The molecule has 2 aromatic heterocycles. The Morgan fingerprint density at radius 1 is 1.21 bits per heavy atom. The van der Waals surface area contributed by atoms with Crippen LogP contribution in [-0.2, 0) is 11.3 Å². The number of rotatable bonds is 5. The molecule has 0 radical (unpaired) electrons. The molecule has 0 atom stereocenters. The average molecular weight is 378 g/mol. The van der Waals surface area contributed by atoms with E-state index >= 15 is 0 Å². The lowest BCUT2D eigenvalue weighted by Gasteiger charge is -2.31. The van der Waals surface area contributed by atoms with Crippen LogP contribution in [0.2, 0.25) is 0 Å². The van der Waals surface area contributed by atoms with E-state index in [1.54, 1.807) is 6.92 Å². The summed E-state index contributed by atoms with van der Waals surface area (Å²) in [6, 6.07) is 10.1. The van der Waals surface area contributed by atoms with Crippen molar-refractivity contribution in [1.82, 2.24) is 19.4 Å². The minimum Gasteiger partial charge on any atom is -0.494 e. The predicted octanol–water partition coefficient (Wildman–Crippen LogP) is 3.76. The van der Waals surface area contributed by atoms with Crippen molar-refractivity contribution in [2.45, 2.75) is 33.2 Å². The van der Waals surface area contributed by atoms with Crippen molar-refractivity contribution in [3.8, 4) is 17.3 Å². The molecule has 3 heterocycles. The van der Waals surface area contributed by atoms with Gasteiger partial charge in [0.2, 0.25) is 5.91 Å². The van der Waals surface area contributed by atoms with Gasteiger partial charge in [0.05, 0.1) is 12.1 Å². The SMILES string of the molecule is CCOc1ccc2nc(-c3nccn3CC3CCN(C(C)=O)CC3)ccc2c1. The van der Waals surface area contributed by atoms with E-state index in [1.807, 2.05) is 48.5 Å². The molecule has 6 heteroatoms. The Bertz CT molecular complexity index is 974. The molecular formula is C22H26N4O2. The van der Waals surface area contributed by atoms with Crippen molar-refractivity contribution in [3.05, 3.63) is 42.7 Å². The molecule has 146 valence electrons. The second kappa shape index (κ2) is 8.00. The lowest BCUT2D eigenvalue weighted by molar-refractivity contribution is -0.130. The molecule has 0 N–H and O–H groups in total. The maximum atomic E-state index is 11.5. The first kappa shape index (κ1) is 18.5. The Morgan fingerprint density at radius 2 is 2.04 bits per heavy atom. The number of hydrogen-bond acceptors (Lipinski definition) is 4. The molecule has 3 aromatic rings. The predicted molar refractivity (Wildman–Crippen MR) is 109 cm³/mol. The minimum absolute atomic E-state index is 0.176. The molecule has 0 bridgehead atoms. The number of likely N-dealkylation sites (tertiary alicyclic amines) is 1. The number of pyridine rings is 1. The normalized spacial score (nSPS) is 15.1. The fraction of sp³-hybridized carbons (Fsp3) is 0.409. The molecule has 0 spiro atoms. The van der Waals surface area contributed by atoms with E-state index in [4.69, 9.17) is 9.72 Å². The van der Waals surface area contributed by atoms with Crippen molar-refractivity contribution in [2.24, 2.45) is 5.92 Å². The maximum absolute atomic E-state index is 11.5. The van der Waals surface area contributed by atoms with Crippen LogP contribution in [0.25, 0.3) is 22.4 Å². The highest BCUT2D eigenvalue weighted by atomic mass is 16.5. The molecule has 4 rings (SSSR count). The molecule has 1 aromatic carbocycles. The van der Waals surface area contributed by atoms with Gasteiger partial charge >= 0.3 is 0 Å². The molecule has 28 heavy (non-hydrogen) atoms. The first-order chi connectivity index (χ1) is 13.6. The number of carbonyl (C=O) groups is 1. The number of carbonyl (C=O) groups excluding carboxylic acids is 1. The third-order valence-electron chi connectivity index (χ3n) is 5.43. The van der Waals surface area contributed by atoms with Gasteiger partial charge in [-0.3, -0.25) is 4.79 Å². The van der Waals surface area contributed by atoms with Gasteiger partial charge in [-0.25, -0.2) is 9.97 Å². The van der Waals surface area contributed by atoms with Gasteiger partial charge in [0.15, 0.2) is 5.82 Å². The van der Waals surface area contributed by atoms with Gasteiger partial charge in [0, 0.05) is 44.3 Å². The van der Waals surface area contributed by atoms with E-state index in [1.165, 1.54) is 0 Å². The topological polar surface area (TPSA) is 60.3 Å². The smallest absolute Gasteiger partial charge is 0.219 e. The summed E-state index contributed by atoms with van der Waals surface area (Å²) in [7, 11) is 0. The summed E-state index contributed by atoms with van der Waals surface area (Å²) in [6.45, 7) is 6.89. The number of piperidine rings is 1. The Hall–Kier alpha value is -2.89. The summed E-state index contributed by atoms with van der Waals surface area (Å²) in [5.41, 5.74) is 1.81. The molecule has 1 aliphatic heterocycles. The zero-order valence-corrected chi connectivity index (χ0v) is 16.5. The molecule has 0 saturated carbocycles. The van der Waals surface area contributed by atoms with Gasteiger partial charge < -0.3 is 14.2 Å². The summed E-state index contributed by atoms with van der Waals surface area (Å²) in [6.07, 6.45) is 5.92.